The Bertz CT molecular complexity index is 534. The highest BCUT2D eigenvalue weighted by Gasteiger charge is 2.33. The number of amides is 1. The second-order valence-electron chi connectivity index (χ2n) is 5.29. The second-order valence-corrected chi connectivity index (χ2v) is 5.72. The van der Waals surface area contributed by atoms with Crippen molar-refractivity contribution in [3.05, 3.63) is 34.6 Å². The van der Waals surface area contributed by atoms with E-state index in [1.54, 1.807) is 7.11 Å². The first-order chi connectivity index (χ1) is 10.5. The molecule has 2 N–H and O–H groups in total. The van der Waals surface area contributed by atoms with Crippen LogP contribution in [-0.4, -0.2) is 43.5 Å². The van der Waals surface area contributed by atoms with Gasteiger partial charge < -0.3 is 19.9 Å². The number of halogens is 2. The quantitative estimate of drug-likeness (QED) is 0.863. The molecule has 1 aliphatic rings. The van der Waals surface area contributed by atoms with E-state index in [2.05, 4.69) is 5.32 Å². The molecule has 22 heavy (non-hydrogen) atoms. The van der Waals surface area contributed by atoms with Gasteiger partial charge >= 0.3 is 0 Å². The number of ether oxygens (including phenoxy) is 2. The van der Waals surface area contributed by atoms with Crippen molar-refractivity contribution < 1.29 is 23.8 Å². The minimum absolute atomic E-state index is 0.111. The van der Waals surface area contributed by atoms with Gasteiger partial charge in [0.15, 0.2) is 6.10 Å². The standard InChI is InChI=1S/C15H19ClFNO4/c1-21-15(4-6-22-7-5-15)9-18-14(20)13(19)11-3-2-10(16)8-12(11)17/h2-3,8,13,19H,4-7,9H2,1H3,(H,18,20). The summed E-state index contributed by atoms with van der Waals surface area (Å²) in [7, 11) is 1.58. The molecule has 1 saturated heterocycles. The predicted octanol–water partition coefficient (Wildman–Crippen LogP) is 1.82. The van der Waals surface area contributed by atoms with Crippen LogP contribution in [0.1, 0.15) is 24.5 Å². The van der Waals surface area contributed by atoms with Gasteiger partial charge in [0.1, 0.15) is 5.82 Å². The molecule has 1 unspecified atom stereocenters. The lowest BCUT2D eigenvalue weighted by Crippen LogP contribution is -2.49. The van der Waals surface area contributed by atoms with Crippen LogP contribution in [0.2, 0.25) is 5.02 Å². The molecule has 0 aromatic heterocycles. The van der Waals surface area contributed by atoms with Gasteiger partial charge in [-0.3, -0.25) is 4.79 Å². The second kappa shape index (κ2) is 7.37. The maximum atomic E-state index is 13.7. The topological polar surface area (TPSA) is 67.8 Å². The number of rotatable bonds is 5. The molecule has 7 heteroatoms. The van der Waals surface area contributed by atoms with E-state index in [1.165, 1.54) is 12.1 Å². The van der Waals surface area contributed by atoms with Crippen molar-refractivity contribution >= 4 is 17.5 Å². The van der Waals surface area contributed by atoms with E-state index in [0.717, 1.165) is 6.07 Å². The van der Waals surface area contributed by atoms with Gasteiger partial charge in [0.05, 0.1) is 5.60 Å². The summed E-state index contributed by atoms with van der Waals surface area (Å²) in [5.74, 6) is -1.40. The molecule has 0 saturated carbocycles. The molecule has 1 atom stereocenters. The average molecular weight is 332 g/mol. The highest BCUT2D eigenvalue weighted by Crippen LogP contribution is 2.25. The largest absolute Gasteiger partial charge is 0.381 e. The molecule has 1 aromatic rings. The third-order valence-electron chi connectivity index (χ3n) is 3.93. The fraction of sp³-hybridized carbons (Fsp3) is 0.533. The van der Waals surface area contributed by atoms with Gasteiger partial charge in [-0.1, -0.05) is 17.7 Å². The maximum absolute atomic E-state index is 13.7. The Hall–Kier alpha value is -1.21. The number of aliphatic hydroxyl groups excluding tert-OH is 1. The minimum atomic E-state index is -1.59. The van der Waals surface area contributed by atoms with E-state index >= 15 is 0 Å². The molecule has 0 bridgehead atoms. The number of nitrogens with one attached hydrogen (secondary N) is 1. The Balaban J connectivity index is 1.99. The van der Waals surface area contributed by atoms with Crippen LogP contribution in [0, 0.1) is 5.82 Å². The van der Waals surface area contributed by atoms with Crippen molar-refractivity contribution in [1.82, 2.24) is 5.32 Å². The van der Waals surface area contributed by atoms with Crippen LogP contribution in [0.3, 0.4) is 0 Å². The first kappa shape index (κ1) is 17.1. The monoisotopic (exact) mass is 331 g/mol. The SMILES string of the molecule is COC1(CNC(=O)C(O)c2ccc(Cl)cc2F)CCOCC1. The smallest absolute Gasteiger partial charge is 0.253 e. The summed E-state index contributed by atoms with van der Waals surface area (Å²) in [6.07, 6.45) is -0.296. The molecule has 1 heterocycles. The summed E-state index contributed by atoms with van der Waals surface area (Å²) < 4.78 is 24.5. The lowest BCUT2D eigenvalue weighted by molar-refractivity contribution is -0.133. The van der Waals surface area contributed by atoms with Gasteiger partial charge in [-0.15, -0.1) is 0 Å². The van der Waals surface area contributed by atoms with Gasteiger partial charge in [0.25, 0.3) is 5.91 Å². The number of hydrogen-bond acceptors (Lipinski definition) is 4. The number of hydrogen-bond donors (Lipinski definition) is 2. The fourth-order valence-electron chi connectivity index (χ4n) is 2.41. The van der Waals surface area contributed by atoms with E-state index in [-0.39, 0.29) is 17.1 Å². The first-order valence-electron chi connectivity index (χ1n) is 7.01. The number of aliphatic hydroxyl groups is 1. The average Bonchev–Trinajstić information content (AvgIpc) is 2.53. The summed E-state index contributed by atoms with van der Waals surface area (Å²) in [5.41, 5.74) is -0.619. The summed E-state index contributed by atoms with van der Waals surface area (Å²) >= 11 is 5.65. The van der Waals surface area contributed by atoms with E-state index in [9.17, 15) is 14.3 Å². The molecule has 1 fully saturated rings. The number of carbonyl (C=O) groups excluding carboxylic acids is 1. The Labute approximate surface area is 133 Å². The zero-order chi connectivity index (χ0) is 16.2. The Kier molecular flexibility index (Phi) is 5.74. The van der Waals surface area contributed by atoms with Crippen molar-refractivity contribution in [1.29, 1.82) is 0 Å². The van der Waals surface area contributed by atoms with Crippen molar-refractivity contribution in [3.8, 4) is 0 Å². The molecule has 122 valence electrons. The van der Waals surface area contributed by atoms with Gasteiger partial charge in [-0.25, -0.2) is 4.39 Å². The molecular weight excluding hydrogens is 313 g/mol. The van der Waals surface area contributed by atoms with Crippen LogP contribution in [0.5, 0.6) is 0 Å². The Morgan fingerprint density at radius 3 is 2.82 bits per heavy atom. The zero-order valence-corrected chi connectivity index (χ0v) is 13.0. The zero-order valence-electron chi connectivity index (χ0n) is 12.3. The molecule has 0 spiro atoms. The van der Waals surface area contributed by atoms with Crippen LogP contribution in [0.15, 0.2) is 18.2 Å². The van der Waals surface area contributed by atoms with E-state index in [0.29, 0.717) is 26.1 Å². The highest BCUT2D eigenvalue weighted by atomic mass is 35.5. The van der Waals surface area contributed by atoms with Crippen molar-refractivity contribution in [2.24, 2.45) is 0 Å². The fourth-order valence-corrected chi connectivity index (χ4v) is 2.56. The molecular formula is C15H19ClFNO4. The first-order valence-corrected chi connectivity index (χ1v) is 7.39. The van der Waals surface area contributed by atoms with Crippen LogP contribution in [-0.2, 0) is 14.3 Å². The third-order valence-corrected chi connectivity index (χ3v) is 4.16. The van der Waals surface area contributed by atoms with Crippen LogP contribution >= 0.6 is 11.6 Å². The van der Waals surface area contributed by atoms with E-state index in [4.69, 9.17) is 21.1 Å². The molecule has 0 aliphatic carbocycles. The van der Waals surface area contributed by atoms with Crippen LogP contribution < -0.4 is 5.32 Å². The lowest BCUT2D eigenvalue weighted by atomic mass is 9.94. The third kappa shape index (κ3) is 3.95. The summed E-state index contributed by atoms with van der Waals surface area (Å²) in [5, 5.41) is 12.8. The van der Waals surface area contributed by atoms with Gasteiger partial charge in [0, 0.05) is 50.3 Å². The molecule has 0 radical (unpaired) electrons. The molecule has 2 rings (SSSR count). The van der Waals surface area contributed by atoms with Crippen molar-refractivity contribution in [3.63, 3.8) is 0 Å². The van der Waals surface area contributed by atoms with E-state index < -0.39 is 23.4 Å². The predicted molar refractivity (Wildman–Crippen MR) is 79.2 cm³/mol. The van der Waals surface area contributed by atoms with E-state index in [1.807, 2.05) is 0 Å². The maximum Gasteiger partial charge on any atom is 0.253 e. The van der Waals surface area contributed by atoms with Gasteiger partial charge in [-0.2, -0.15) is 0 Å². The number of methoxy groups -OCH3 is 1. The Morgan fingerprint density at radius 2 is 2.23 bits per heavy atom. The van der Waals surface area contributed by atoms with Gasteiger partial charge in [0.2, 0.25) is 0 Å². The summed E-state index contributed by atoms with van der Waals surface area (Å²) in [6.45, 7) is 1.34. The molecule has 1 aliphatic heterocycles. The van der Waals surface area contributed by atoms with Crippen LogP contribution in [0.4, 0.5) is 4.39 Å². The lowest BCUT2D eigenvalue weighted by Gasteiger charge is -2.36. The summed E-state index contributed by atoms with van der Waals surface area (Å²) in [6, 6.07) is 3.77. The normalized spacial score (nSPS) is 18.7. The van der Waals surface area contributed by atoms with Crippen molar-refractivity contribution in [2.75, 3.05) is 26.9 Å². The Morgan fingerprint density at radius 1 is 1.55 bits per heavy atom. The minimum Gasteiger partial charge on any atom is -0.381 e. The van der Waals surface area contributed by atoms with Crippen molar-refractivity contribution in [2.45, 2.75) is 24.5 Å². The number of benzene rings is 1. The highest BCUT2D eigenvalue weighted by molar-refractivity contribution is 6.30. The molecule has 5 nitrogen and oxygen atoms in total. The summed E-state index contributed by atoms with van der Waals surface area (Å²) in [4.78, 5) is 12.0. The molecule has 1 amide bonds. The number of carbonyl (C=O) groups is 1. The van der Waals surface area contributed by atoms with Gasteiger partial charge in [-0.05, 0) is 12.1 Å². The molecule has 1 aromatic carbocycles. The van der Waals surface area contributed by atoms with Crippen LogP contribution in [0.25, 0.3) is 0 Å².